The van der Waals surface area contributed by atoms with E-state index in [9.17, 15) is 0 Å². The first-order chi connectivity index (χ1) is 3.95. The van der Waals surface area contributed by atoms with Gasteiger partial charge in [-0.25, -0.2) is 0 Å². The number of hydrogen-bond donors (Lipinski definition) is 1. The molecule has 2 rings (SSSR count). The van der Waals surface area contributed by atoms with E-state index < -0.39 is 0 Å². The van der Waals surface area contributed by atoms with Crippen molar-refractivity contribution in [1.82, 2.24) is 5.32 Å². The molecule has 0 amide bonds. The zero-order valence-electron chi connectivity index (χ0n) is 4.63. The molecule has 2 unspecified atom stereocenters. The normalized spacial score (nSPS) is 43.0. The minimum absolute atomic E-state index is 0.508. The lowest BCUT2D eigenvalue weighted by atomic mass is 10.3. The highest BCUT2D eigenvalue weighted by atomic mass is 16.5. The van der Waals surface area contributed by atoms with Crippen molar-refractivity contribution in [3.05, 3.63) is 12.2 Å². The van der Waals surface area contributed by atoms with Crippen LogP contribution in [-0.2, 0) is 4.74 Å². The lowest BCUT2D eigenvalue weighted by Crippen LogP contribution is -2.42. The smallest absolute Gasteiger partial charge is 0.0656 e. The van der Waals surface area contributed by atoms with Crippen molar-refractivity contribution < 1.29 is 4.74 Å². The third kappa shape index (κ3) is 0.572. The summed E-state index contributed by atoms with van der Waals surface area (Å²) < 4.78 is 5.23. The Kier molecular flexibility index (Phi) is 0.889. The van der Waals surface area contributed by atoms with E-state index >= 15 is 0 Å². The Morgan fingerprint density at radius 3 is 2.38 bits per heavy atom. The topological polar surface area (TPSA) is 21.3 Å². The van der Waals surface area contributed by atoms with Gasteiger partial charge in [-0.1, -0.05) is 12.2 Å². The van der Waals surface area contributed by atoms with Gasteiger partial charge in [0.05, 0.1) is 13.2 Å². The fourth-order valence-electron chi connectivity index (χ4n) is 1.18. The largest absolute Gasteiger partial charge is 0.378 e. The van der Waals surface area contributed by atoms with E-state index in [1.807, 2.05) is 0 Å². The average Bonchev–Trinajstić information content (AvgIpc) is 2.12. The van der Waals surface area contributed by atoms with Crippen molar-refractivity contribution in [3.8, 4) is 0 Å². The first kappa shape index (κ1) is 4.53. The standard InChI is InChI=1S/C6H9NO/c1-2-6-4-8-3-5(1)7-6/h1-2,5-7H,3-4H2. The molecule has 2 aliphatic heterocycles. The summed E-state index contributed by atoms with van der Waals surface area (Å²) in [5.41, 5.74) is 0. The maximum absolute atomic E-state index is 5.23. The molecule has 2 aliphatic rings. The van der Waals surface area contributed by atoms with Gasteiger partial charge in [-0.05, 0) is 0 Å². The molecule has 1 fully saturated rings. The van der Waals surface area contributed by atoms with Crippen molar-refractivity contribution >= 4 is 0 Å². The van der Waals surface area contributed by atoms with Crippen molar-refractivity contribution in [2.75, 3.05) is 13.2 Å². The van der Waals surface area contributed by atoms with E-state index in [0.717, 1.165) is 13.2 Å². The molecule has 0 radical (unpaired) electrons. The molecule has 0 spiro atoms. The van der Waals surface area contributed by atoms with Crippen LogP contribution in [0.4, 0.5) is 0 Å². The van der Waals surface area contributed by atoms with E-state index in [1.165, 1.54) is 0 Å². The van der Waals surface area contributed by atoms with E-state index in [-0.39, 0.29) is 0 Å². The molecule has 0 aromatic rings. The molecule has 2 nitrogen and oxygen atoms in total. The fourth-order valence-corrected chi connectivity index (χ4v) is 1.18. The van der Waals surface area contributed by atoms with Crippen LogP contribution in [0.15, 0.2) is 12.2 Å². The van der Waals surface area contributed by atoms with Crippen molar-refractivity contribution in [3.63, 3.8) is 0 Å². The Hall–Kier alpha value is -0.340. The van der Waals surface area contributed by atoms with Gasteiger partial charge in [0.15, 0.2) is 0 Å². The van der Waals surface area contributed by atoms with E-state index in [2.05, 4.69) is 17.5 Å². The summed E-state index contributed by atoms with van der Waals surface area (Å²) in [6.45, 7) is 1.71. The third-order valence-electron chi connectivity index (χ3n) is 1.60. The molecule has 0 aromatic carbocycles. The van der Waals surface area contributed by atoms with Gasteiger partial charge in [0, 0.05) is 12.1 Å². The molecule has 2 heterocycles. The van der Waals surface area contributed by atoms with Gasteiger partial charge in [-0.2, -0.15) is 0 Å². The fraction of sp³-hybridized carbons (Fsp3) is 0.667. The molecule has 0 saturated carbocycles. The number of fused-ring (bicyclic) bond motifs is 2. The Morgan fingerprint density at radius 2 is 1.88 bits per heavy atom. The van der Waals surface area contributed by atoms with E-state index in [4.69, 9.17) is 4.74 Å². The Bertz CT molecular complexity index is 110. The van der Waals surface area contributed by atoms with Gasteiger partial charge >= 0.3 is 0 Å². The van der Waals surface area contributed by atoms with Crippen LogP contribution in [0, 0.1) is 0 Å². The summed E-state index contributed by atoms with van der Waals surface area (Å²) in [4.78, 5) is 0. The van der Waals surface area contributed by atoms with Gasteiger partial charge in [-0.3, -0.25) is 0 Å². The SMILES string of the molecule is C1=CC2COCC1N2. The number of nitrogens with one attached hydrogen (secondary N) is 1. The number of ether oxygens (including phenoxy) is 1. The predicted octanol–water partition coefficient (Wildman–Crippen LogP) is -0.0868. The second kappa shape index (κ2) is 1.57. The van der Waals surface area contributed by atoms with E-state index in [1.54, 1.807) is 0 Å². The monoisotopic (exact) mass is 111 g/mol. The molecule has 1 saturated heterocycles. The quantitative estimate of drug-likeness (QED) is 0.441. The highest BCUT2D eigenvalue weighted by Crippen LogP contribution is 2.08. The number of hydrogen-bond acceptors (Lipinski definition) is 2. The van der Waals surface area contributed by atoms with Crippen LogP contribution < -0.4 is 5.32 Å². The van der Waals surface area contributed by atoms with Crippen molar-refractivity contribution in [1.29, 1.82) is 0 Å². The van der Waals surface area contributed by atoms with Crippen LogP contribution in [0.3, 0.4) is 0 Å². The molecule has 2 bridgehead atoms. The first-order valence-electron chi connectivity index (χ1n) is 2.97. The first-order valence-corrected chi connectivity index (χ1v) is 2.97. The maximum atomic E-state index is 5.23. The summed E-state index contributed by atoms with van der Waals surface area (Å²) in [6, 6.07) is 1.02. The van der Waals surface area contributed by atoms with Gasteiger partial charge in [0.1, 0.15) is 0 Å². The lowest BCUT2D eigenvalue weighted by molar-refractivity contribution is 0.0795. The molecule has 2 atom stereocenters. The molecule has 8 heavy (non-hydrogen) atoms. The number of morpholine rings is 1. The zero-order chi connectivity index (χ0) is 5.40. The van der Waals surface area contributed by atoms with Crippen LogP contribution in [0.2, 0.25) is 0 Å². The van der Waals surface area contributed by atoms with Crippen molar-refractivity contribution in [2.24, 2.45) is 0 Å². The summed E-state index contributed by atoms with van der Waals surface area (Å²) in [6.07, 6.45) is 4.36. The van der Waals surface area contributed by atoms with Crippen LogP contribution in [-0.4, -0.2) is 25.3 Å². The average molecular weight is 111 g/mol. The van der Waals surface area contributed by atoms with Crippen LogP contribution in [0.1, 0.15) is 0 Å². The Morgan fingerprint density at radius 1 is 1.25 bits per heavy atom. The van der Waals surface area contributed by atoms with Gasteiger partial charge in [-0.15, -0.1) is 0 Å². The Labute approximate surface area is 48.5 Å². The molecule has 44 valence electrons. The minimum Gasteiger partial charge on any atom is -0.378 e. The molecule has 2 heteroatoms. The summed E-state index contributed by atoms with van der Waals surface area (Å²) in [7, 11) is 0. The van der Waals surface area contributed by atoms with Gasteiger partial charge in [0.2, 0.25) is 0 Å². The second-order valence-electron chi connectivity index (χ2n) is 2.30. The number of rotatable bonds is 0. The van der Waals surface area contributed by atoms with Crippen LogP contribution >= 0.6 is 0 Å². The second-order valence-corrected chi connectivity index (χ2v) is 2.30. The summed E-state index contributed by atoms with van der Waals surface area (Å²) in [5, 5.41) is 3.35. The molecule has 0 aromatic heterocycles. The lowest BCUT2D eigenvalue weighted by Gasteiger charge is -2.20. The molecule has 0 aliphatic carbocycles. The van der Waals surface area contributed by atoms with Crippen LogP contribution in [0.25, 0.3) is 0 Å². The molecular formula is C6H9NO. The zero-order valence-corrected chi connectivity index (χ0v) is 4.63. The van der Waals surface area contributed by atoms with Gasteiger partial charge < -0.3 is 10.1 Å². The highest BCUT2D eigenvalue weighted by Gasteiger charge is 2.22. The van der Waals surface area contributed by atoms with Crippen molar-refractivity contribution in [2.45, 2.75) is 12.1 Å². The molecular weight excluding hydrogens is 102 g/mol. The Balaban J connectivity index is 2.13. The highest BCUT2D eigenvalue weighted by molar-refractivity contribution is 5.10. The minimum atomic E-state index is 0.508. The maximum Gasteiger partial charge on any atom is 0.0656 e. The third-order valence-corrected chi connectivity index (χ3v) is 1.60. The summed E-state index contributed by atoms with van der Waals surface area (Å²) in [5.74, 6) is 0. The van der Waals surface area contributed by atoms with Gasteiger partial charge in [0.25, 0.3) is 0 Å². The predicted molar refractivity (Wildman–Crippen MR) is 30.7 cm³/mol. The van der Waals surface area contributed by atoms with E-state index in [0.29, 0.717) is 12.1 Å². The molecule has 1 N–H and O–H groups in total. The summed E-state index contributed by atoms with van der Waals surface area (Å²) >= 11 is 0. The van der Waals surface area contributed by atoms with Crippen LogP contribution in [0.5, 0.6) is 0 Å².